The molecule has 2 rings (SSSR count). The summed E-state index contributed by atoms with van der Waals surface area (Å²) in [5.41, 5.74) is 1.43. The van der Waals surface area contributed by atoms with E-state index in [4.69, 9.17) is 9.84 Å². The molecule has 1 atom stereocenters. The van der Waals surface area contributed by atoms with Gasteiger partial charge in [-0.05, 0) is 47.9 Å². The maximum atomic E-state index is 13.4. The third kappa shape index (κ3) is 3.41. The van der Waals surface area contributed by atoms with Crippen molar-refractivity contribution in [1.82, 2.24) is 0 Å². The van der Waals surface area contributed by atoms with Gasteiger partial charge < -0.3 is 9.84 Å². The topological polar surface area (TPSA) is 70.3 Å². The molecule has 0 bridgehead atoms. The Kier molecular flexibility index (Phi) is 4.74. The second-order valence-electron chi connectivity index (χ2n) is 4.77. The lowest BCUT2D eigenvalue weighted by atomic mass is 9.92. The van der Waals surface area contributed by atoms with E-state index in [1.54, 1.807) is 12.1 Å². The zero-order chi connectivity index (χ0) is 16.1. The van der Waals surface area contributed by atoms with Crippen LogP contribution in [0.5, 0.6) is 5.75 Å². The Bertz CT molecular complexity index is 720. The number of halogens is 1. The van der Waals surface area contributed by atoms with Crippen molar-refractivity contribution in [3.8, 4) is 11.8 Å². The predicted molar refractivity (Wildman–Crippen MR) is 78.4 cm³/mol. The van der Waals surface area contributed by atoms with Crippen LogP contribution in [0.3, 0.4) is 0 Å². The molecule has 0 aliphatic carbocycles. The predicted octanol–water partition coefficient (Wildman–Crippen LogP) is 3.38. The average molecular weight is 299 g/mol. The van der Waals surface area contributed by atoms with Crippen LogP contribution in [0.4, 0.5) is 4.39 Å². The van der Waals surface area contributed by atoms with Crippen LogP contribution in [0.25, 0.3) is 0 Å². The fourth-order valence-corrected chi connectivity index (χ4v) is 2.22. The van der Waals surface area contributed by atoms with Gasteiger partial charge in [-0.2, -0.15) is 5.26 Å². The molecule has 5 heteroatoms. The van der Waals surface area contributed by atoms with Crippen LogP contribution in [0.2, 0.25) is 0 Å². The standard InChI is InChI=1S/C17H14FNO3/c1-22-16-7-6-15(18)9-13(16)8-14(10-19)11-2-4-12(5-3-11)17(20)21/h2-7,9,14H,8H2,1H3,(H,20,21). The van der Waals surface area contributed by atoms with E-state index < -0.39 is 17.7 Å². The molecule has 0 radical (unpaired) electrons. The number of methoxy groups -OCH3 is 1. The third-order valence-electron chi connectivity index (χ3n) is 3.38. The van der Waals surface area contributed by atoms with Crippen LogP contribution in [0, 0.1) is 17.1 Å². The van der Waals surface area contributed by atoms with Gasteiger partial charge in [0.15, 0.2) is 0 Å². The first-order valence-corrected chi connectivity index (χ1v) is 6.60. The lowest BCUT2D eigenvalue weighted by Crippen LogP contribution is -2.04. The normalized spacial score (nSPS) is 11.5. The van der Waals surface area contributed by atoms with E-state index in [0.717, 1.165) is 0 Å². The van der Waals surface area contributed by atoms with Crippen molar-refractivity contribution in [3.05, 3.63) is 65.0 Å². The van der Waals surface area contributed by atoms with Gasteiger partial charge >= 0.3 is 5.97 Å². The van der Waals surface area contributed by atoms with Gasteiger partial charge in [-0.3, -0.25) is 0 Å². The number of aromatic carboxylic acids is 1. The van der Waals surface area contributed by atoms with Gasteiger partial charge in [0.25, 0.3) is 0 Å². The quantitative estimate of drug-likeness (QED) is 0.918. The monoisotopic (exact) mass is 299 g/mol. The highest BCUT2D eigenvalue weighted by molar-refractivity contribution is 5.87. The molecule has 0 fully saturated rings. The number of benzene rings is 2. The summed E-state index contributed by atoms with van der Waals surface area (Å²) < 4.78 is 18.6. The summed E-state index contributed by atoms with van der Waals surface area (Å²) in [4.78, 5) is 10.8. The van der Waals surface area contributed by atoms with Crippen LogP contribution in [-0.2, 0) is 6.42 Å². The smallest absolute Gasteiger partial charge is 0.335 e. The lowest BCUT2D eigenvalue weighted by Gasteiger charge is -2.13. The van der Waals surface area contributed by atoms with Crippen molar-refractivity contribution >= 4 is 5.97 Å². The van der Waals surface area contributed by atoms with E-state index in [0.29, 0.717) is 16.9 Å². The molecule has 2 aromatic rings. The van der Waals surface area contributed by atoms with Gasteiger partial charge in [0.05, 0.1) is 24.7 Å². The molecule has 1 unspecified atom stereocenters. The maximum absolute atomic E-state index is 13.4. The summed E-state index contributed by atoms with van der Waals surface area (Å²) in [6.45, 7) is 0. The molecule has 1 N–H and O–H groups in total. The molecule has 0 aliphatic heterocycles. The van der Waals surface area contributed by atoms with Crippen molar-refractivity contribution < 1.29 is 19.0 Å². The van der Waals surface area contributed by atoms with Crippen molar-refractivity contribution in [2.45, 2.75) is 12.3 Å². The third-order valence-corrected chi connectivity index (χ3v) is 3.38. The second kappa shape index (κ2) is 6.72. The summed E-state index contributed by atoms with van der Waals surface area (Å²) in [7, 11) is 1.49. The van der Waals surface area contributed by atoms with Crippen LogP contribution in [0.15, 0.2) is 42.5 Å². The Morgan fingerprint density at radius 1 is 1.32 bits per heavy atom. The number of carbonyl (C=O) groups is 1. The van der Waals surface area contributed by atoms with Gasteiger partial charge in [0.1, 0.15) is 11.6 Å². The van der Waals surface area contributed by atoms with Gasteiger partial charge in [0.2, 0.25) is 0 Å². The zero-order valence-corrected chi connectivity index (χ0v) is 11.9. The van der Waals surface area contributed by atoms with Crippen molar-refractivity contribution in [1.29, 1.82) is 5.26 Å². The largest absolute Gasteiger partial charge is 0.496 e. The number of rotatable bonds is 5. The second-order valence-corrected chi connectivity index (χ2v) is 4.77. The van der Waals surface area contributed by atoms with Crippen LogP contribution in [0.1, 0.15) is 27.4 Å². The van der Waals surface area contributed by atoms with Gasteiger partial charge in [-0.1, -0.05) is 12.1 Å². The minimum Gasteiger partial charge on any atom is -0.496 e. The average Bonchev–Trinajstić information content (AvgIpc) is 2.53. The fourth-order valence-electron chi connectivity index (χ4n) is 2.22. The minimum atomic E-state index is -1.02. The first-order valence-electron chi connectivity index (χ1n) is 6.60. The number of nitrogens with zero attached hydrogens (tertiary/aromatic N) is 1. The molecular weight excluding hydrogens is 285 g/mol. The summed E-state index contributed by atoms with van der Waals surface area (Å²) in [5, 5.41) is 18.2. The molecule has 4 nitrogen and oxygen atoms in total. The molecule has 0 aliphatic rings. The van der Waals surface area contributed by atoms with Crippen molar-refractivity contribution in [3.63, 3.8) is 0 Å². The summed E-state index contributed by atoms with van der Waals surface area (Å²) in [5.74, 6) is -1.41. The van der Waals surface area contributed by atoms with Crippen molar-refractivity contribution in [2.75, 3.05) is 7.11 Å². The number of hydrogen-bond acceptors (Lipinski definition) is 3. The Hall–Kier alpha value is -2.87. The molecule has 0 saturated heterocycles. The number of ether oxygens (including phenoxy) is 1. The van der Waals surface area contributed by atoms with E-state index in [1.807, 2.05) is 0 Å². The summed E-state index contributed by atoms with van der Waals surface area (Å²) in [6, 6.07) is 12.4. The first-order chi connectivity index (χ1) is 10.5. The van der Waals surface area contributed by atoms with Crippen molar-refractivity contribution in [2.24, 2.45) is 0 Å². The van der Waals surface area contributed by atoms with E-state index in [1.165, 1.54) is 37.4 Å². The Balaban J connectivity index is 2.28. The Labute approximate surface area is 127 Å². The van der Waals surface area contributed by atoms with Crippen LogP contribution >= 0.6 is 0 Å². The summed E-state index contributed by atoms with van der Waals surface area (Å²) in [6.07, 6.45) is 0.282. The summed E-state index contributed by atoms with van der Waals surface area (Å²) >= 11 is 0. The fraction of sp³-hybridized carbons (Fsp3) is 0.176. The highest BCUT2D eigenvalue weighted by Gasteiger charge is 2.16. The SMILES string of the molecule is COc1ccc(F)cc1CC(C#N)c1ccc(C(=O)O)cc1. The number of carboxylic acid groups (broad SMARTS) is 1. The minimum absolute atomic E-state index is 0.156. The van der Waals surface area contributed by atoms with Crippen LogP contribution in [-0.4, -0.2) is 18.2 Å². The molecule has 0 amide bonds. The Morgan fingerprint density at radius 2 is 2.00 bits per heavy atom. The molecule has 112 valence electrons. The van der Waals surface area contributed by atoms with E-state index in [-0.39, 0.29) is 12.0 Å². The molecule has 0 aromatic heterocycles. The number of hydrogen-bond donors (Lipinski definition) is 1. The number of nitriles is 1. The van der Waals surface area contributed by atoms with E-state index in [9.17, 15) is 14.4 Å². The van der Waals surface area contributed by atoms with Gasteiger partial charge in [-0.15, -0.1) is 0 Å². The molecule has 0 saturated carbocycles. The van der Waals surface area contributed by atoms with E-state index in [2.05, 4.69) is 6.07 Å². The first kappa shape index (κ1) is 15.5. The number of carboxylic acids is 1. The maximum Gasteiger partial charge on any atom is 0.335 e. The molecule has 0 spiro atoms. The zero-order valence-electron chi connectivity index (χ0n) is 11.9. The van der Waals surface area contributed by atoms with Gasteiger partial charge in [0, 0.05) is 0 Å². The van der Waals surface area contributed by atoms with E-state index >= 15 is 0 Å². The highest BCUT2D eigenvalue weighted by Crippen LogP contribution is 2.27. The highest BCUT2D eigenvalue weighted by atomic mass is 19.1. The molecule has 2 aromatic carbocycles. The molecule has 0 heterocycles. The lowest BCUT2D eigenvalue weighted by molar-refractivity contribution is 0.0697. The Morgan fingerprint density at radius 3 is 2.55 bits per heavy atom. The molecule has 22 heavy (non-hydrogen) atoms. The van der Waals surface area contributed by atoms with Crippen LogP contribution < -0.4 is 4.74 Å². The van der Waals surface area contributed by atoms with Gasteiger partial charge in [-0.25, -0.2) is 9.18 Å². The molecular formula is C17H14FNO3.